The predicted octanol–water partition coefficient (Wildman–Crippen LogP) is 3.64. The number of carbonyl (C=O) groups is 3. The van der Waals surface area contributed by atoms with Gasteiger partial charge in [0.2, 0.25) is 5.91 Å². The third kappa shape index (κ3) is 3.46. The zero-order chi connectivity index (χ0) is 19.5. The molecular formula is C22H18N2O3S. The maximum Gasteiger partial charge on any atom is 0.261 e. The largest absolute Gasteiger partial charge is 0.344 e. The third-order valence-electron chi connectivity index (χ3n) is 4.71. The van der Waals surface area contributed by atoms with Crippen molar-refractivity contribution in [2.75, 3.05) is 6.54 Å². The molecule has 1 aromatic heterocycles. The molecule has 1 atom stereocenters. The number of carbonyl (C=O) groups excluding carboxylic acids is 3. The lowest BCUT2D eigenvalue weighted by Crippen LogP contribution is -2.35. The first-order chi connectivity index (χ1) is 13.6. The van der Waals surface area contributed by atoms with Gasteiger partial charge >= 0.3 is 0 Å². The van der Waals surface area contributed by atoms with Crippen LogP contribution >= 0.6 is 11.3 Å². The molecule has 0 unspecified atom stereocenters. The highest BCUT2D eigenvalue weighted by molar-refractivity contribution is 7.10. The first-order valence-electron chi connectivity index (χ1n) is 8.98. The van der Waals surface area contributed by atoms with Crippen molar-refractivity contribution in [3.8, 4) is 0 Å². The molecule has 3 amide bonds. The van der Waals surface area contributed by atoms with Crippen LogP contribution in [0.15, 0.2) is 72.1 Å². The molecule has 0 spiro atoms. The van der Waals surface area contributed by atoms with E-state index in [2.05, 4.69) is 5.32 Å². The summed E-state index contributed by atoms with van der Waals surface area (Å²) in [6.45, 7) is 0.0597. The van der Waals surface area contributed by atoms with Gasteiger partial charge in [-0.1, -0.05) is 48.5 Å². The number of thiophene rings is 1. The molecule has 0 saturated heterocycles. The standard InChI is InChI=1S/C22H18N2O3S/c25-19(12-13-24-21(26)16-9-4-5-10-17(16)22(24)27)23-20(18-11-6-14-28-18)15-7-2-1-3-8-15/h1-11,14,20H,12-13H2,(H,23,25)/t20-/m0/s1. The molecule has 1 aliphatic heterocycles. The molecule has 5 nitrogen and oxygen atoms in total. The van der Waals surface area contributed by atoms with Crippen LogP contribution in [0.1, 0.15) is 43.6 Å². The molecule has 3 aromatic rings. The van der Waals surface area contributed by atoms with Gasteiger partial charge in [0.1, 0.15) is 0 Å². The van der Waals surface area contributed by atoms with E-state index in [0.29, 0.717) is 11.1 Å². The van der Waals surface area contributed by atoms with Crippen molar-refractivity contribution in [3.63, 3.8) is 0 Å². The summed E-state index contributed by atoms with van der Waals surface area (Å²) in [7, 11) is 0. The van der Waals surface area contributed by atoms with E-state index >= 15 is 0 Å². The summed E-state index contributed by atoms with van der Waals surface area (Å²) in [6, 6.07) is 20.1. The lowest BCUT2D eigenvalue weighted by atomic mass is 10.1. The lowest BCUT2D eigenvalue weighted by molar-refractivity contribution is -0.121. The molecule has 1 N–H and O–H groups in total. The molecule has 4 rings (SSSR count). The number of imide groups is 1. The molecule has 140 valence electrons. The van der Waals surface area contributed by atoms with Gasteiger partial charge in [-0.2, -0.15) is 0 Å². The summed E-state index contributed by atoms with van der Waals surface area (Å²) >= 11 is 1.57. The number of rotatable bonds is 6. The molecule has 1 aliphatic rings. The van der Waals surface area contributed by atoms with Crippen molar-refractivity contribution >= 4 is 29.1 Å². The minimum absolute atomic E-state index is 0.0557. The molecular weight excluding hydrogens is 372 g/mol. The van der Waals surface area contributed by atoms with E-state index < -0.39 is 0 Å². The lowest BCUT2D eigenvalue weighted by Gasteiger charge is -2.19. The second kappa shape index (κ2) is 7.78. The van der Waals surface area contributed by atoms with Crippen molar-refractivity contribution in [1.82, 2.24) is 10.2 Å². The van der Waals surface area contributed by atoms with Crippen LogP contribution in [0.3, 0.4) is 0 Å². The van der Waals surface area contributed by atoms with Crippen molar-refractivity contribution in [2.45, 2.75) is 12.5 Å². The van der Waals surface area contributed by atoms with Crippen molar-refractivity contribution in [2.24, 2.45) is 0 Å². The Bertz CT molecular complexity index is 980. The second-order valence-corrected chi connectivity index (χ2v) is 7.46. The van der Waals surface area contributed by atoms with Crippen LogP contribution in [0.2, 0.25) is 0 Å². The average Bonchev–Trinajstić information content (AvgIpc) is 3.34. The Morgan fingerprint density at radius 2 is 1.54 bits per heavy atom. The van der Waals surface area contributed by atoms with Gasteiger partial charge < -0.3 is 5.32 Å². The number of hydrogen-bond acceptors (Lipinski definition) is 4. The number of benzene rings is 2. The van der Waals surface area contributed by atoms with Crippen molar-refractivity contribution in [1.29, 1.82) is 0 Å². The van der Waals surface area contributed by atoms with Crippen LogP contribution in [-0.4, -0.2) is 29.2 Å². The number of hydrogen-bond donors (Lipinski definition) is 1. The number of nitrogens with zero attached hydrogens (tertiary/aromatic N) is 1. The third-order valence-corrected chi connectivity index (χ3v) is 5.64. The van der Waals surface area contributed by atoms with E-state index in [1.165, 1.54) is 0 Å². The highest BCUT2D eigenvalue weighted by atomic mass is 32.1. The predicted molar refractivity (Wildman–Crippen MR) is 107 cm³/mol. The molecule has 6 heteroatoms. The molecule has 0 radical (unpaired) electrons. The quantitative estimate of drug-likeness (QED) is 0.654. The molecule has 0 fully saturated rings. The fraction of sp³-hybridized carbons (Fsp3) is 0.136. The van der Waals surface area contributed by atoms with Crippen LogP contribution in [0.4, 0.5) is 0 Å². The number of nitrogens with one attached hydrogen (secondary N) is 1. The van der Waals surface area contributed by atoms with Crippen LogP contribution in [-0.2, 0) is 4.79 Å². The van der Waals surface area contributed by atoms with Crippen molar-refractivity contribution < 1.29 is 14.4 Å². The smallest absolute Gasteiger partial charge is 0.261 e. The van der Waals surface area contributed by atoms with Gasteiger partial charge in [-0.25, -0.2) is 0 Å². The summed E-state index contributed by atoms with van der Waals surface area (Å²) in [5.74, 6) is -0.892. The second-order valence-electron chi connectivity index (χ2n) is 6.48. The normalized spacial score (nSPS) is 14.1. The van der Waals surface area contributed by atoms with Gasteiger partial charge in [0.25, 0.3) is 11.8 Å². The van der Waals surface area contributed by atoms with E-state index in [9.17, 15) is 14.4 Å². The Morgan fingerprint density at radius 1 is 0.893 bits per heavy atom. The monoisotopic (exact) mass is 390 g/mol. The van der Waals surface area contributed by atoms with Gasteiger partial charge in [-0.3, -0.25) is 19.3 Å². The average molecular weight is 390 g/mol. The van der Waals surface area contributed by atoms with Gasteiger partial charge in [0, 0.05) is 17.8 Å². The molecule has 0 bridgehead atoms. The van der Waals surface area contributed by atoms with Crippen LogP contribution in [0.5, 0.6) is 0 Å². The molecule has 0 aliphatic carbocycles. The summed E-state index contributed by atoms with van der Waals surface area (Å²) < 4.78 is 0. The van der Waals surface area contributed by atoms with E-state index in [1.54, 1.807) is 35.6 Å². The first kappa shape index (κ1) is 18.1. The van der Waals surface area contributed by atoms with Gasteiger partial charge in [-0.05, 0) is 29.1 Å². The van der Waals surface area contributed by atoms with E-state index in [4.69, 9.17) is 0 Å². The maximum atomic E-state index is 12.6. The molecule has 0 saturated carbocycles. The zero-order valence-corrected chi connectivity index (χ0v) is 15.8. The summed E-state index contributed by atoms with van der Waals surface area (Å²) in [4.78, 5) is 39.6. The SMILES string of the molecule is O=C(CCN1C(=O)c2ccccc2C1=O)N[C@@H](c1ccccc1)c1cccs1. The Balaban J connectivity index is 1.44. The van der Waals surface area contributed by atoms with Gasteiger partial charge in [0.15, 0.2) is 0 Å². The Hall–Kier alpha value is -3.25. The fourth-order valence-electron chi connectivity index (χ4n) is 3.31. The fourth-order valence-corrected chi connectivity index (χ4v) is 4.11. The molecule has 2 heterocycles. The topological polar surface area (TPSA) is 66.5 Å². The minimum Gasteiger partial charge on any atom is -0.344 e. The zero-order valence-electron chi connectivity index (χ0n) is 15.0. The Kier molecular flexibility index (Phi) is 5.04. The number of amides is 3. The number of fused-ring (bicyclic) bond motifs is 1. The van der Waals surface area contributed by atoms with Crippen LogP contribution in [0.25, 0.3) is 0 Å². The van der Waals surface area contributed by atoms with Crippen LogP contribution < -0.4 is 5.32 Å². The Morgan fingerprint density at radius 3 is 2.14 bits per heavy atom. The van der Waals surface area contributed by atoms with E-state index in [0.717, 1.165) is 15.3 Å². The summed E-state index contributed by atoms with van der Waals surface area (Å²) in [5.41, 5.74) is 1.78. The highest BCUT2D eigenvalue weighted by Gasteiger charge is 2.35. The van der Waals surface area contributed by atoms with Gasteiger partial charge in [0.05, 0.1) is 17.2 Å². The minimum atomic E-state index is -0.341. The van der Waals surface area contributed by atoms with E-state index in [1.807, 2.05) is 47.8 Å². The van der Waals surface area contributed by atoms with Crippen molar-refractivity contribution in [3.05, 3.63) is 93.7 Å². The molecule has 2 aromatic carbocycles. The Labute approximate surface area is 166 Å². The summed E-state index contributed by atoms with van der Waals surface area (Å²) in [5, 5.41) is 5.00. The maximum absolute atomic E-state index is 12.6. The summed E-state index contributed by atoms with van der Waals surface area (Å²) in [6.07, 6.45) is 0.0557. The van der Waals surface area contributed by atoms with E-state index in [-0.39, 0.29) is 36.7 Å². The highest BCUT2D eigenvalue weighted by Crippen LogP contribution is 2.26. The first-order valence-corrected chi connectivity index (χ1v) is 9.86. The van der Waals surface area contributed by atoms with Crippen LogP contribution in [0, 0.1) is 0 Å². The molecule has 28 heavy (non-hydrogen) atoms. The van der Waals surface area contributed by atoms with Gasteiger partial charge in [-0.15, -0.1) is 11.3 Å².